The lowest BCUT2D eigenvalue weighted by atomic mass is 9.90. The number of aliphatic carboxylic acids is 1. The van der Waals surface area contributed by atoms with Gasteiger partial charge in [0.1, 0.15) is 0 Å². The van der Waals surface area contributed by atoms with Gasteiger partial charge in [0.2, 0.25) is 0 Å². The van der Waals surface area contributed by atoms with E-state index in [0.29, 0.717) is 28.2 Å². The van der Waals surface area contributed by atoms with Gasteiger partial charge in [0.15, 0.2) is 5.13 Å². The predicted molar refractivity (Wildman–Crippen MR) is 75.7 cm³/mol. The van der Waals surface area contributed by atoms with Crippen molar-refractivity contribution in [2.24, 2.45) is 17.8 Å². The van der Waals surface area contributed by atoms with Crippen LogP contribution in [0, 0.1) is 17.8 Å². The molecule has 2 aliphatic carbocycles. The summed E-state index contributed by atoms with van der Waals surface area (Å²) in [4.78, 5) is 15.6. The lowest BCUT2D eigenvalue weighted by Gasteiger charge is -2.15. The molecule has 1 unspecified atom stereocenters. The number of nitrogen functional groups attached to an aromatic ring is 1. The van der Waals surface area contributed by atoms with Crippen LogP contribution in [0.25, 0.3) is 5.57 Å². The number of carboxylic acid groups (broad SMARTS) is 1. The number of carbonyl (C=O) groups is 1. The van der Waals surface area contributed by atoms with Gasteiger partial charge in [-0.25, -0.2) is 9.78 Å². The maximum absolute atomic E-state index is 11.4. The summed E-state index contributed by atoms with van der Waals surface area (Å²) in [6, 6.07) is 0. The quantitative estimate of drug-likeness (QED) is 0.833. The standard InChI is InChI=1S/C14H18N2O2S/c15-14-16-12(7-19-14)11(13(17)18)6-9-5-4-8-2-1-3-10(8)9/h6-10H,1-5H2,(H2,15,16)(H,17,18)/t8-,9?,10-/m1/s1. The number of thiazole rings is 1. The number of nitrogens with two attached hydrogens (primary N) is 1. The molecule has 1 heterocycles. The monoisotopic (exact) mass is 278 g/mol. The molecule has 3 N–H and O–H groups in total. The van der Waals surface area contributed by atoms with Crippen molar-refractivity contribution < 1.29 is 9.90 Å². The maximum Gasteiger partial charge on any atom is 0.337 e. The molecular formula is C14H18N2O2S. The first-order valence-electron chi connectivity index (χ1n) is 6.81. The van der Waals surface area contributed by atoms with Crippen molar-refractivity contribution in [3.05, 3.63) is 17.2 Å². The second kappa shape index (κ2) is 4.96. The van der Waals surface area contributed by atoms with Crippen LogP contribution in [0.5, 0.6) is 0 Å². The molecule has 1 aromatic rings. The fourth-order valence-corrected chi connectivity index (χ4v) is 4.27. The van der Waals surface area contributed by atoms with E-state index >= 15 is 0 Å². The van der Waals surface area contributed by atoms with E-state index in [2.05, 4.69) is 4.98 Å². The number of anilines is 1. The Morgan fingerprint density at radius 1 is 1.42 bits per heavy atom. The summed E-state index contributed by atoms with van der Waals surface area (Å²) >= 11 is 1.29. The minimum Gasteiger partial charge on any atom is -0.478 e. The fourth-order valence-electron chi connectivity index (χ4n) is 3.71. The molecule has 0 spiro atoms. The SMILES string of the molecule is Nc1nc(C(=CC2CC[C@H]3CCC[C@@H]23)C(=O)O)cs1. The minimum atomic E-state index is -0.897. The van der Waals surface area contributed by atoms with Gasteiger partial charge in [-0.05, 0) is 37.0 Å². The Kier molecular flexibility index (Phi) is 3.31. The molecule has 2 fully saturated rings. The summed E-state index contributed by atoms with van der Waals surface area (Å²) in [5, 5.41) is 11.5. The second-order valence-corrected chi connectivity index (χ2v) is 6.44. The fraction of sp³-hybridized carbons (Fsp3) is 0.571. The number of allylic oxidation sites excluding steroid dienone is 1. The highest BCUT2D eigenvalue weighted by Gasteiger charge is 2.38. The molecule has 1 aromatic heterocycles. The highest BCUT2D eigenvalue weighted by molar-refractivity contribution is 7.13. The van der Waals surface area contributed by atoms with Crippen LogP contribution in [-0.4, -0.2) is 16.1 Å². The van der Waals surface area contributed by atoms with Crippen molar-refractivity contribution in [3.63, 3.8) is 0 Å². The lowest BCUT2D eigenvalue weighted by Crippen LogP contribution is -2.10. The van der Waals surface area contributed by atoms with E-state index in [0.717, 1.165) is 12.3 Å². The molecule has 2 saturated carbocycles. The Balaban J connectivity index is 1.88. The van der Waals surface area contributed by atoms with Crippen LogP contribution in [0.15, 0.2) is 11.5 Å². The van der Waals surface area contributed by atoms with Crippen molar-refractivity contribution in [2.75, 3.05) is 5.73 Å². The first kappa shape index (κ1) is 12.7. The van der Waals surface area contributed by atoms with Gasteiger partial charge in [-0.1, -0.05) is 18.9 Å². The molecule has 0 amide bonds. The number of hydrogen-bond acceptors (Lipinski definition) is 4. The van der Waals surface area contributed by atoms with Crippen LogP contribution in [-0.2, 0) is 4.79 Å². The average molecular weight is 278 g/mol. The van der Waals surface area contributed by atoms with Crippen LogP contribution in [0.2, 0.25) is 0 Å². The molecular weight excluding hydrogens is 260 g/mol. The lowest BCUT2D eigenvalue weighted by molar-refractivity contribution is -0.130. The molecule has 3 atom stereocenters. The second-order valence-electron chi connectivity index (χ2n) is 5.55. The number of fused-ring (bicyclic) bond motifs is 1. The summed E-state index contributed by atoms with van der Waals surface area (Å²) in [7, 11) is 0. The highest BCUT2D eigenvalue weighted by Crippen LogP contribution is 2.48. The summed E-state index contributed by atoms with van der Waals surface area (Å²) in [6.45, 7) is 0. The molecule has 0 aromatic carbocycles. The van der Waals surface area contributed by atoms with Gasteiger partial charge in [-0.2, -0.15) is 0 Å². The number of hydrogen-bond donors (Lipinski definition) is 2. The van der Waals surface area contributed by atoms with Crippen LogP contribution in [0.4, 0.5) is 5.13 Å². The number of carboxylic acids is 1. The minimum absolute atomic E-state index is 0.325. The van der Waals surface area contributed by atoms with Gasteiger partial charge in [0.05, 0.1) is 11.3 Å². The van der Waals surface area contributed by atoms with Crippen LogP contribution in [0.3, 0.4) is 0 Å². The zero-order valence-electron chi connectivity index (χ0n) is 10.7. The Bertz CT molecular complexity index is 523. The van der Waals surface area contributed by atoms with E-state index in [1.807, 2.05) is 6.08 Å². The van der Waals surface area contributed by atoms with Crippen molar-refractivity contribution in [1.82, 2.24) is 4.98 Å². The first-order chi connectivity index (χ1) is 9.15. The topological polar surface area (TPSA) is 76.2 Å². The smallest absolute Gasteiger partial charge is 0.337 e. The molecule has 4 nitrogen and oxygen atoms in total. The third-order valence-corrected chi connectivity index (χ3v) is 5.22. The van der Waals surface area contributed by atoms with E-state index in [9.17, 15) is 9.90 Å². The number of aromatic nitrogens is 1. The molecule has 2 aliphatic rings. The van der Waals surface area contributed by atoms with Gasteiger partial charge < -0.3 is 10.8 Å². The third-order valence-electron chi connectivity index (χ3n) is 4.55. The van der Waals surface area contributed by atoms with Gasteiger partial charge in [-0.15, -0.1) is 11.3 Å². The van der Waals surface area contributed by atoms with Crippen molar-refractivity contribution in [2.45, 2.75) is 32.1 Å². The van der Waals surface area contributed by atoms with Gasteiger partial charge in [-0.3, -0.25) is 0 Å². The molecule has 19 heavy (non-hydrogen) atoms. The summed E-state index contributed by atoms with van der Waals surface area (Å²) < 4.78 is 0. The largest absolute Gasteiger partial charge is 0.478 e. The van der Waals surface area contributed by atoms with Gasteiger partial charge >= 0.3 is 5.97 Å². The van der Waals surface area contributed by atoms with Crippen LogP contribution in [0.1, 0.15) is 37.8 Å². The summed E-state index contributed by atoms with van der Waals surface area (Å²) in [6.07, 6.45) is 8.17. The molecule has 0 aliphatic heterocycles. The zero-order chi connectivity index (χ0) is 13.4. The summed E-state index contributed by atoms with van der Waals surface area (Å²) in [5.41, 5.74) is 6.43. The number of rotatable bonds is 3. The molecule has 0 bridgehead atoms. The first-order valence-corrected chi connectivity index (χ1v) is 7.69. The Labute approximate surface area is 116 Å². The predicted octanol–water partition coefficient (Wildman–Crippen LogP) is 3.02. The van der Waals surface area contributed by atoms with Gasteiger partial charge in [0, 0.05) is 5.38 Å². The molecule has 0 saturated heterocycles. The Morgan fingerprint density at radius 3 is 2.95 bits per heavy atom. The van der Waals surface area contributed by atoms with E-state index in [1.54, 1.807) is 5.38 Å². The zero-order valence-corrected chi connectivity index (χ0v) is 11.5. The van der Waals surface area contributed by atoms with Crippen LogP contribution < -0.4 is 5.73 Å². The van der Waals surface area contributed by atoms with E-state index in [1.165, 1.54) is 37.0 Å². The maximum atomic E-state index is 11.4. The van der Waals surface area contributed by atoms with Crippen molar-refractivity contribution in [1.29, 1.82) is 0 Å². The molecule has 5 heteroatoms. The Morgan fingerprint density at radius 2 is 2.26 bits per heavy atom. The van der Waals surface area contributed by atoms with E-state index in [-0.39, 0.29) is 0 Å². The molecule has 102 valence electrons. The number of nitrogens with zero attached hydrogens (tertiary/aromatic N) is 1. The normalized spacial score (nSPS) is 30.5. The van der Waals surface area contributed by atoms with E-state index in [4.69, 9.17) is 5.73 Å². The van der Waals surface area contributed by atoms with E-state index < -0.39 is 5.97 Å². The average Bonchev–Trinajstić information content (AvgIpc) is 3.02. The molecule has 0 radical (unpaired) electrons. The third kappa shape index (κ3) is 2.39. The highest BCUT2D eigenvalue weighted by atomic mass is 32.1. The van der Waals surface area contributed by atoms with Gasteiger partial charge in [0.25, 0.3) is 0 Å². The van der Waals surface area contributed by atoms with Crippen molar-refractivity contribution >= 4 is 28.0 Å². The summed E-state index contributed by atoms with van der Waals surface area (Å²) in [5.74, 6) is 1.01. The Hall–Kier alpha value is -1.36. The molecule has 3 rings (SSSR count). The van der Waals surface area contributed by atoms with Crippen LogP contribution >= 0.6 is 11.3 Å². The van der Waals surface area contributed by atoms with Crippen molar-refractivity contribution in [3.8, 4) is 0 Å².